The predicted octanol–water partition coefficient (Wildman–Crippen LogP) is 3.65. The van der Waals surface area contributed by atoms with Crippen molar-refractivity contribution in [3.8, 4) is 11.5 Å². The van der Waals surface area contributed by atoms with Crippen LogP contribution < -0.4 is 14.8 Å². The van der Waals surface area contributed by atoms with E-state index in [1.807, 2.05) is 72.8 Å². The van der Waals surface area contributed by atoms with Crippen molar-refractivity contribution >= 4 is 11.8 Å². The number of nitrogens with one attached hydrogen (secondary N) is 1. The van der Waals surface area contributed by atoms with Gasteiger partial charge in [0.1, 0.15) is 6.04 Å². The Balaban J connectivity index is 1.59. The van der Waals surface area contributed by atoms with Crippen molar-refractivity contribution in [2.75, 3.05) is 14.2 Å². The number of carbonyl (C=O) groups excluding carboxylic acids is 2. The molecule has 1 N–H and O–H groups in total. The topological polar surface area (TPSA) is 67.9 Å². The number of amides is 2. The fourth-order valence-electron chi connectivity index (χ4n) is 4.06. The number of carbonyl (C=O) groups is 2. The van der Waals surface area contributed by atoms with Crippen LogP contribution in [0.3, 0.4) is 0 Å². The maximum absolute atomic E-state index is 13.4. The average Bonchev–Trinajstić information content (AvgIpc) is 2.83. The molecule has 0 bridgehead atoms. The smallest absolute Gasteiger partial charge is 0.247 e. The molecule has 6 heteroatoms. The highest BCUT2D eigenvalue weighted by Gasteiger charge is 2.36. The number of ether oxygens (including phenoxy) is 2. The molecular formula is C26H26N2O4. The van der Waals surface area contributed by atoms with Crippen molar-refractivity contribution in [1.29, 1.82) is 0 Å². The first-order valence-electron chi connectivity index (χ1n) is 10.5. The Morgan fingerprint density at radius 1 is 0.938 bits per heavy atom. The van der Waals surface area contributed by atoms with Gasteiger partial charge in [-0.2, -0.15) is 0 Å². The van der Waals surface area contributed by atoms with Crippen LogP contribution in [0.2, 0.25) is 0 Å². The van der Waals surface area contributed by atoms with Crippen LogP contribution in [-0.4, -0.2) is 30.9 Å². The molecule has 0 spiro atoms. The zero-order valence-corrected chi connectivity index (χ0v) is 18.2. The number of methoxy groups -OCH3 is 2. The highest BCUT2D eigenvalue weighted by atomic mass is 16.5. The summed E-state index contributed by atoms with van der Waals surface area (Å²) >= 11 is 0. The van der Waals surface area contributed by atoms with Gasteiger partial charge in [0.15, 0.2) is 11.5 Å². The summed E-state index contributed by atoms with van der Waals surface area (Å²) in [6.07, 6.45) is 0.294. The number of benzene rings is 3. The minimum Gasteiger partial charge on any atom is -0.493 e. The molecular weight excluding hydrogens is 404 g/mol. The summed E-state index contributed by atoms with van der Waals surface area (Å²) in [4.78, 5) is 28.1. The van der Waals surface area contributed by atoms with Crippen LogP contribution in [0, 0.1) is 0 Å². The largest absolute Gasteiger partial charge is 0.493 e. The fraction of sp³-hybridized carbons (Fsp3) is 0.231. The molecule has 164 valence electrons. The molecule has 1 unspecified atom stereocenters. The summed E-state index contributed by atoms with van der Waals surface area (Å²) in [5.74, 6) is 0.960. The van der Waals surface area contributed by atoms with E-state index in [0.29, 0.717) is 31.0 Å². The Kier molecular flexibility index (Phi) is 6.40. The lowest BCUT2D eigenvalue weighted by Crippen LogP contribution is -2.46. The molecule has 1 heterocycles. The molecule has 0 aliphatic carbocycles. The van der Waals surface area contributed by atoms with Crippen molar-refractivity contribution in [3.05, 3.63) is 95.1 Å². The molecule has 0 saturated heterocycles. The second kappa shape index (κ2) is 9.56. The second-order valence-electron chi connectivity index (χ2n) is 7.69. The van der Waals surface area contributed by atoms with Crippen LogP contribution in [0.15, 0.2) is 72.8 Å². The Bertz CT molecular complexity index is 1110. The Morgan fingerprint density at radius 3 is 2.41 bits per heavy atom. The second-order valence-corrected chi connectivity index (χ2v) is 7.69. The number of hydrogen-bond donors (Lipinski definition) is 1. The van der Waals surface area contributed by atoms with Gasteiger partial charge in [-0.1, -0.05) is 60.7 Å². The quantitative estimate of drug-likeness (QED) is 0.621. The van der Waals surface area contributed by atoms with Gasteiger partial charge in [-0.15, -0.1) is 0 Å². The number of fused-ring (bicyclic) bond motifs is 1. The van der Waals surface area contributed by atoms with E-state index >= 15 is 0 Å². The van der Waals surface area contributed by atoms with Crippen molar-refractivity contribution in [3.63, 3.8) is 0 Å². The Labute approximate surface area is 187 Å². The third kappa shape index (κ3) is 4.44. The summed E-state index contributed by atoms with van der Waals surface area (Å²) in [6.45, 7) is 0.688. The van der Waals surface area contributed by atoms with Gasteiger partial charge in [-0.3, -0.25) is 9.59 Å². The van der Waals surface area contributed by atoms with Crippen LogP contribution >= 0.6 is 0 Å². The van der Waals surface area contributed by atoms with Crippen LogP contribution in [0.4, 0.5) is 0 Å². The third-order valence-electron chi connectivity index (χ3n) is 5.68. The first-order valence-corrected chi connectivity index (χ1v) is 10.5. The van der Waals surface area contributed by atoms with Crippen LogP contribution in [0.5, 0.6) is 11.5 Å². The number of rotatable bonds is 7. The number of nitrogens with zero attached hydrogens (tertiary/aromatic N) is 1. The van der Waals surface area contributed by atoms with Crippen LogP contribution in [0.1, 0.15) is 28.3 Å². The van der Waals surface area contributed by atoms with Gasteiger partial charge < -0.3 is 19.7 Å². The van der Waals surface area contributed by atoms with Gasteiger partial charge in [-0.05, 0) is 34.4 Å². The summed E-state index contributed by atoms with van der Waals surface area (Å²) < 4.78 is 10.6. The highest BCUT2D eigenvalue weighted by Crippen LogP contribution is 2.32. The van der Waals surface area contributed by atoms with Crippen LogP contribution in [-0.2, 0) is 29.1 Å². The van der Waals surface area contributed by atoms with Crippen molar-refractivity contribution in [2.24, 2.45) is 0 Å². The van der Waals surface area contributed by atoms with Gasteiger partial charge in [-0.25, -0.2) is 0 Å². The van der Waals surface area contributed by atoms with E-state index in [1.165, 1.54) is 0 Å². The molecule has 0 radical (unpaired) electrons. The van der Waals surface area contributed by atoms with Gasteiger partial charge in [0.05, 0.1) is 20.6 Å². The summed E-state index contributed by atoms with van der Waals surface area (Å²) in [7, 11) is 3.16. The van der Waals surface area contributed by atoms with Crippen molar-refractivity contribution in [2.45, 2.75) is 25.6 Å². The molecule has 1 aliphatic heterocycles. The number of hydrogen-bond acceptors (Lipinski definition) is 4. The van der Waals surface area contributed by atoms with Gasteiger partial charge in [0.2, 0.25) is 11.8 Å². The lowest BCUT2D eigenvalue weighted by molar-refractivity contribution is -0.142. The zero-order chi connectivity index (χ0) is 22.5. The first kappa shape index (κ1) is 21.4. The third-order valence-corrected chi connectivity index (χ3v) is 5.68. The van der Waals surface area contributed by atoms with E-state index in [-0.39, 0.29) is 11.8 Å². The normalized spacial score (nSPS) is 15.1. The van der Waals surface area contributed by atoms with Gasteiger partial charge in [0, 0.05) is 13.1 Å². The zero-order valence-electron chi connectivity index (χ0n) is 18.2. The first-order chi connectivity index (χ1) is 15.6. The van der Waals surface area contributed by atoms with Gasteiger partial charge >= 0.3 is 0 Å². The van der Waals surface area contributed by atoms with E-state index in [1.54, 1.807) is 19.1 Å². The lowest BCUT2D eigenvalue weighted by Gasteiger charge is -2.36. The molecule has 0 saturated carbocycles. The average molecular weight is 431 g/mol. The van der Waals surface area contributed by atoms with Crippen LogP contribution in [0.25, 0.3) is 0 Å². The lowest BCUT2D eigenvalue weighted by atomic mass is 9.91. The Hall–Kier alpha value is -3.80. The molecule has 1 atom stereocenters. The van der Waals surface area contributed by atoms with Gasteiger partial charge in [0.25, 0.3) is 0 Å². The summed E-state index contributed by atoms with van der Waals surface area (Å²) in [5, 5.41) is 3.01. The van der Waals surface area contributed by atoms with E-state index < -0.39 is 6.04 Å². The maximum Gasteiger partial charge on any atom is 0.247 e. The van der Waals surface area contributed by atoms with Crippen molar-refractivity contribution in [1.82, 2.24) is 10.2 Å². The Morgan fingerprint density at radius 2 is 1.66 bits per heavy atom. The molecule has 0 fully saturated rings. The van der Waals surface area contributed by atoms with E-state index in [4.69, 9.17) is 9.47 Å². The van der Waals surface area contributed by atoms with E-state index in [0.717, 1.165) is 22.3 Å². The van der Waals surface area contributed by atoms with E-state index in [2.05, 4.69) is 5.32 Å². The molecule has 1 aliphatic rings. The molecule has 3 aromatic carbocycles. The highest BCUT2D eigenvalue weighted by molar-refractivity contribution is 5.92. The monoisotopic (exact) mass is 430 g/mol. The maximum atomic E-state index is 13.4. The minimum atomic E-state index is -0.687. The standard InChI is InChI=1S/C26H26N2O4/c1-31-22-13-12-19(14-23(22)32-2)16-27-26(30)25-21-11-7-6-10-20(21)15-24(29)28(25)17-18-8-4-3-5-9-18/h3-14,25H,15-17H2,1-2H3,(H,27,30). The minimum absolute atomic E-state index is 0.0566. The van der Waals surface area contributed by atoms with Crippen molar-refractivity contribution < 1.29 is 19.1 Å². The SMILES string of the molecule is COc1ccc(CNC(=O)C2c3ccccc3CC(=O)N2Cc2ccccc2)cc1OC. The fourth-order valence-corrected chi connectivity index (χ4v) is 4.06. The molecule has 3 aromatic rings. The molecule has 4 rings (SSSR count). The molecule has 0 aromatic heterocycles. The molecule has 32 heavy (non-hydrogen) atoms. The summed E-state index contributed by atoms with van der Waals surface area (Å²) in [6, 6.07) is 22.2. The molecule has 6 nitrogen and oxygen atoms in total. The molecule has 2 amide bonds. The predicted molar refractivity (Wildman–Crippen MR) is 121 cm³/mol. The van der Waals surface area contributed by atoms with E-state index in [9.17, 15) is 9.59 Å². The summed E-state index contributed by atoms with van der Waals surface area (Å²) in [5.41, 5.74) is 3.62.